The van der Waals surface area contributed by atoms with E-state index in [1.807, 2.05) is 29.5 Å². The van der Waals surface area contributed by atoms with E-state index in [0.29, 0.717) is 6.04 Å². The SMILES string of the molecule is CCCC(NCc1cccc(Cl)c1)c1cccs1. The van der Waals surface area contributed by atoms with Crippen molar-refractivity contribution in [3.63, 3.8) is 0 Å². The predicted molar refractivity (Wildman–Crippen MR) is 80.3 cm³/mol. The Bertz CT molecular complexity index is 467. The second-order valence-corrected chi connectivity index (χ2v) is 5.78. The summed E-state index contributed by atoms with van der Waals surface area (Å²) >= 11 is 7.82. The minimum Gasteiger partial charge on any atom is -0.305 e. The van der Waals surface area contributed by atoms with Crippen molar-refractivity contribution >= 4 is 22.9 Å². The fraction of sp³-hybridized carbons (Fsp3) is 0.333. The highest BCUT2D eigenvalue weighted by Crippen LogP contribution is 2.23. The van der Waals surface area contributed by atoms with Crippen molar-refractivity contribution in [2.45, 2.75) is 32.4 Å². The summed E-state index contributed by atoms with van der Waals surface area (Å²) in [5, 5.41) is 6.56. The predicted octanol–water partition coefficient (Wildman–Crippen LogP) is 5.03. The molecule has 0 amide bonds. The molecule has 1 nitrogen and oxygen atoms in total. The van der Waals surface area contributed by atoms with E-state index < -0.39 is 0 Å². The molecule has 0 radical (unpaired) electrons. The summed E-state index contributed by atoms with van der Waals surface area (Å²) in [7, 11) is 0. The molecule has 0 spiro atoms. The first-order chi connectivity index (χ1) is 8.79. The summed E-state index contributed by atoms with van der Waals surface area (Å²) < 4.78 is 0. The highest BCUT2D eigenvalue weighted by Gasteiger charge is 2.10. The summed E-state index contributed by atoms with van der Waals surface area (Å²) in [4.78, 5) is 1.42. The largest absolute Gasteiger partial charge is 0.305 e. The van der Waals surface area contributed by atoms with Gasteiger partial charge in [-0.15, -0.1) is 11.3 Å². The lowest BCUT2D eigenvalue weighted by Gasteiger charge is -2.16. The molecular formula is C15H18ClNS. The quantitative estimate of drug-likeness (QED) is 0.782. The first kappa shape index (κ1) is 13.6. The molecule has 0 aliphatic carbocycles. The Balaban J connectivity index is 1.98. The van der Waals surface area contributed by atoms with Gasteiger partial charge in [-0.2, -0.15) is 0 Å². The summed E-state index contributed by atoms with van der Waals surface area (Å²) in [6, 6.07) is 12.8. The normalized spacial score (nSPS) is 12.6. The van der Waals surface area contributed by atoms with Gasteiger partial charge in [0, 0.05) is 22.5 Å². The maximum absolute atomic E-state index is 6.00. The van der Waals surface area contributed by atoms with Crippen LogP contribution in [0.2, 0.25) is 5.02 Å². The van der Waals surface area contributed by atoms with Gasteiger partial charge in [-0.3, -0.25) is 0 Å². The zero-order valence-electron chi connectivity index (χ0n) is 10.5. The van der Waals surface area contributed by atoms with Crippen LogP contribution >= 0.6 is 22.9 Å². The molecule has 0 saturated heterocycles. The molecule has 0 aliphatic heterocycles. The van der Waals surface area contributed by atoms with E-state index in [-0.39, 0.29) is 0 Å². The van der Waals surface area contributed by atoms with Crippen molar-refractivity contribution in [2.75, 3.05) is 0 Å². The van der Waals surface area contributed by atoms with E-state index in [0.717, 1.165) is 11.6 Å². The van der Waals surface area contributed by atoms with E-state index in [9.17, 15) is 0 Å². The molecule has 1 aromatic heterocycles. The van der Waals surface area contributed by atoms with Gasteiger partial charge in [0.1, 0.15) is 0 Å². The lowest BCUT2D eigenvalue weighted by atomic mass is 10.1. The summed E-state index contributed by atoms with van der Waals surface area (Å²) in [5.41, 5.74) is 1.24. The van der Waals surface area contributed by atoms with Gasteiger partial charge < -0.3 is 5.32 Å². The van der Waals surface area contributed by atoms with Crippen LogP contribution in [0.4, 0.5) is 0 Å². The van der Waals surface area contributed by atoms with Crippen molar-refractivity contribution in [1.82, 2.24) is 5.32 Å². The third-order valence-electron chi connectivity index (χ3n) is 2.91. The lowest BCUT2D eigenvalue weighted by Crippen LogP contribution is -2.19. The molecule has 0 aliphatic rings. The van der Waals surface area contributed by atoms with Crippen LogP contribution in [0.5, 0.6) is 0 Å². The number of hydrogen-bond acceptors (Lipinski definition) is 2. The number of nitrogens with one attached hydrogen (secondary N) is 1. The summed E-state index contributed by atoms with van der Waals surface area (Å²) in [6.45, 7) is 3.09. The molecule has 1 aromatic carbocycles. The minimum absolute atomic E-state index is 0.453. The van der Waals surface area contributed by atoms with Gasteiger partial charge in [0.15, 0.2) is 0 Å². The Morgan fingerprint density at radius 3 is 2.83 bits per heavy atom. The van der Waals surface area contributed by atoms with E-state index in [2.05, 4.69) is 35.8 Å². The second-order valence-electron chi connectivity index (χ2n) is 4.37. The van der Waals surface area contributed by atoms with Crippen molar-refractivity contribution in [2.24, 2.45) is 0 Å². The summed E-state index contributed by atoms with van der Waals surface area (Å²) in [6.07, 6.45) is 2.35. The van der Waals surface area contributed by atoms with Crippen LogP contribution in [0.15, 0.2) is 41.8 Å². The standard InChI is InChI=1S/C15H18ClNS/c1-2-5-14(15-8-4-9-18-15)17-11-12-6-3-7-13(16)10-12/h3-4,6-10,14,17H,2,5,11H2,1H3. The van der Waals surface area contributed by atoms with Crippen LogP contribution in [0, 0.1) is 0 Å². The van der Waals surface area contributed by atoms with Gasteiger partial charge in [0.05, 0.1) is 0 Å². The Kier molecular flexibility index (Phi) is 5.24. The fourth-order valence-corrected chi connectivity index (χ4v) is 3.06. The number of thiophene rings is 1. The van der Waals surface area contributed by atoms with Crippen molar-refractivity contribution in [3.8, 4) is 0 Å². The maximum atomic E-state index is 6.00. The van der Waals surface area contributed by atoms with Crippen molar-refractivity contribution in [3.05, 3.63) is 57.2 Å². The smallest absolute Gasteiger partial charge is 0.0417 e. The first-order valence-corrected chi connectivity index (χ1v) is 7.56. The monoisotopic (exact) mass is 279 g/mol. The zero-order chi connectivity index (χ0) is 12.8. The summed E-state index contributed by atoms with van der Waals surface area (Å²) in [5.74, 6) is 0. The fourth-order valence-electron chi connectivity index (χ4n) is 2.01. The van der Waals surface area contributed by atoms with Gasteiger partial charge in [-0.1, -0.05) is 43.1 Å². The topological polar surface area (TPSA) is 12.0 Å². The van der Waals surface area contributed by atoms with Crippen LogP contribution in [0.3, 0.4) is 0 Å². The van der Waals surface area contributed by atoms with Crippen LogP contribution in [0.25, 0.3) is 0 Å². The highest BCUT2D eigenvalue weighted by molar-refractivity contribution is 7.10. The Morgan fingerprint density at radius 1 is 1.28 bits per heavy atom. The van der Waals surface area contributed by atoms with Gasteiger partial charge in [0.25, 0.3) is 0 Å². The van der Waals surface area contributed by atoms with Crippen molar-refractivity contribution in [1.29, 1.82) is 0 Å². The van der Waals surface area contributed by atoms with Gasteiger partial charge in [-0.05, 0) is 35.6 Å². The molecule has 18 heavy (non-hydrogen) atoms. The van der Waals surface area contributed by atoms with Gasteiger partial charge >= 0.3 is 0 Å². The van der Waals surface area contributed by atoms with E-state index in [4.69, 9.17) is 11.6 Å². The number of rotatable bonds is 6. The lowest BCUT2D eigenvalue weighted by molar-refractivity contribution is 0.500. The van der Waals surface area contributed by atoms with Gasteiger partial charge in [-0.25, -0.2) is 0 Å². The number of halogens is 1. The minimum atomic E-state index is 0.453. The molecule has 1 atom stereocenters. The molecule has 96 valence electrons. The van der Waals surface area contributed by atoms with Crippen LogP contribution in [-0.4, -0.2) is 0 Å². The van der Waals surface area contributed by atoms with E-state index >= 15 is 0 Å². The van der Waals surface area contributed by atoms with Crippen molar-refractivity contribution < 1.29 is 0 Å². The van der Waals surface area contributed by atoms with Crippen LogP contribution < -0.4 is 5.32 Å². The Morgan fingerprint density at radius 2 is 2.17 bits per heavy atom. The average molecular weight is 280 g/mol. The molecule has 0 saturated carbocycles. The molecular weight excluding hydrogens is 262 g/mol. The number of benzene rings is 1. The molecule has 1 heterocycles. The van der Waals surface area contributed by atoms with Crippen LogP contribution in [-0.2, 0) is 6.54 Å². The average Bonchev–Trinajstić information content (AvgIpc) is 2.88. The third kappa shape index (κ3) is 3.84. The second kappa shape index (κ2) is 6.93. The van der Waals surface area contributed by atoms with E-state index in [1.165, 1.54) is 23.3 Å². The number of hydrogen-bond donors (Lipinski definition) is 1. The zero-order valence-corrected chi connectivity index (χ0v) is 12.1. The Hall–Kier alpha value is -0.830. The molecule has 1 N–H and O–H groups in total. The molecule has 3 heteroatoms. The molecule has 0 bridgehead atoms. The molecule has 0 fully saturated rings. The first-order valence-electron chi connectivity index (χ1n) is 6.31. The molecule has 1 unspecified atom stereocenters. The molecule has 2 rings (SSSR count). The van der Waals surface area contributed by atoms with Gasteiger partial charge in [0.2, 0.25) is 0 Å². The maximum Gasteiger partial charge on any atom is 0.0417 e. The third-order valence-corrected chi connectivity index (χ3v) is 4.13. The van der Waals surface area contributed by atoms with E-state index in [1.54, 1.807) is 0 Å². The molecule has 2 aromatic rings. The highest BCUT2D eigenvalue weighted by atomic mass is 35.5. The van der Waals surface area contributed by atoms with Crippen LogP contribution in [0.1, 0.15) is 36.2 Å². The Labute approximate surface area is 118 Å².